The molecule has 5 N–H and O–H groups in total. The van der Waals surface area contributed by atoms with Crippen molar-refractivity contribution in [1.29, 1.82) is 0 Å². The first-order chi connectivity index (χ1) is 31.8. The van der Waals surface area contributed by atoms with E-state index < -0.39 is 0 Å². The first-order valence-corrected chi connectivity index (χ1v) is 23.5. The molecule has 2 bridgehead atoms. The van der Waals surface area contributed by atoms with Crippen molar-refractivity contribution >= 4 is 67.6 Å². The molecule has 2 atom stereocenters. The van der Waals surface area contributed by atoms with Crippen molar-refractivity contribution in [3.05, 3.63) is 119 Å². The molecule has 2 saturated heterocycles. The molecule has 334 valence electrons. The number of carbonyl (C=O) groups is 3. The van der Waals surface area contributed by atoms with Crippen molar-refractivity contribution < 1.29 is 19.1 Å². The van der Waals surface area contributed by atoms with Crippen LogP contribution in [0.25, 0.3) is 43.3 Å². The predicted octanol–water partition coefficient (Wildman–Crippen LogP) is 5.83. The number of anilines is 1. The highest BCUT2D eigenvalue weighted by Gasteiger charge is 2.32. The molecule has 14 heteroatoms. The fraction of sp³-hybridized carbons (Fsp3) is 0.333. The Morgan fingerprint density at radius 1 is 0.862 bits per heavy atom. The Balaban J connectivity index is 0.664. The molecule has 9 rings (SSSR count). The maximum atomic E-state index is 13.0. The third kappa shape index (κ3) is 10.2. The minimum Gasteiger partial charge on any atom is -0.378 e. The minimum absolute atomic E-state index is 0.0781. The van der Waals surface area contributed by atoms with Crippen LogP contribution in [0.5, 0.6) is 0 Å². The molecular weight excluding hydrogens is 835 g/mol. The van der Waals surface area contributed by atoms with E-state index in [0.29, 0.717) is 49.5 Å². The van der Waals surface area contributed by atoms with Gasteiger partial charge in [-0.25, -0.2) is 4.98 Å². The SMILES string of the molecule is CCn1c2ccc(CNC)cc2c2ccc(-c3cc(C#CC(=O)NCCOCCNC(=O)Cn4ccc5cc(C(=O)NCCc6ccc(N7C[C@H]8CC[C@@H](C7)N8)cc6)cnc54)cs3)cc21. The van der Waals surface area contributed by atoms with Gasteiger partial charge in [-0.15, -0.1) is 11.3 Å². The molecule has 2 aliphatic heterocycles. The summed E-state index contributed by atoms with van der Waals surface area (Å²) in [6.45, 7) is 7.78. The number of rotatable bonds is 17. The average Bonchev–Trinajstić information content (AvgIpc) is 4.12. The zero-order valence-electron chi connectivity index (χ0n) is 36.9. The summed E-state index contributed by atoms with van der Waals surface area (Å²) in [5.74, 6) is 4.93. The van der Waals surface area contributed by atoms with Gasteiger partial charge in [-0.2, -0.15) is 0 Å². The Morgan fingerprint density at radius 3 is 2.46 bits per heavy atom. The van der Waals surface area contributed by atoms with Crippen molar-refractivity contribution in [1.82, 2.24) is 40.7 Å². The standard InChI is InChI=1S/C51H55N9O4S/c1-3-60-45-14-6-35(28-52-2)24-44(45)43-13-8-37(27-46(43)60)47-25-36(33-65-47)7-15-48(61)53-19-22-64-23-20-54-49(62)32-58-21-17-38-26-39(29-56-50(38)58)51(63)55-18-16-34-4-11-42(12-5-34)59-30-40-9-10-41(31-59)57-40/h4-6,8,11-14,17,21,24-27,29,33,40-41,52,57H,3,9-10,16,18-20,22-23,28,30-32H2,1-2H3,(H,53,61)(H,54,62)(H,55,63)/t40-,41+. The Morgan fingerprint density at radius 2 is 1.66 bits per heavy atom. The first-order valence-electron chi connectivity index (χ1n) is 22.6. The second-order valence-electron chi connectivity index (χ2n) is 16.8. The molecule has 3 amide bonds. The molecule has 0 saturated carbocycles. The normalized spacial score (nSPS) is 15.6. The highest BCUT2D eigenvalue weighted by Crippen LogP contribution is 2.35. The lowest BCUT2D eigenvalue weighted by Crippen LogP contribution is -2.51. The number of benzene rings is 3. The van der Waals surface area contributed by atoms with Crippen molar-refractivity contribution in [3.8, 4) is 22.3 Å². The van der Waals surface area contributed by atoms with Crippen molar-refractivity contribution in [2.45, 2.75) is 57.9 Å². The van der Waals surface area contributed by atoms with Gasteiger partial charge in [0.05, 0.1) is 18.8 Å². The minimum atomic E-state index is -0.379. The number of fused-ring (bicyclic) bond motifs is 6. The fourth-order valence-corrected chi connectivity index (χ4v) is 9.97. The van der Waals surface area contributed by atoms with Gasteiger partial charge in [0.15, 0.2) is 0 Å². The average molecular weight is 890 g/mol. The van der Waals surface area contributed by atoms with E-state index in [9.17, 15) is 14.4 Å². The largest absolute Gasteiger partial charge is 0.378 e. The van der Waals surface area contributed by atoms with E-state index in [1.165, 1.54) is 51.5 Å². The van der Waals surface area contributed by atoms with Crippen LogP contribution >= 0.6 is 11.3 Å². The second-order valence-corrected chi connectivity index (χ2v) is 17.7. The van der Waals surface area contributed by atoms with Crippen LogP contribution in [0.15, 0.2) is 96.6 Å². The van der Waals surface area contributed by atoms with Crippen molar-refractivity contribution in [3.63, 3.8) is 0 Å². The van der Waals surface area contributed by atoms with Crippen LogP contribution < -0.4 is 31.5 Å². The van der Waals surface area contributed by atoms with Crippen LogP contribution in [-0.2, 0) is 40.4 Å². The summed E-state index contributed by atoms with van der Waals surface area (Å²) in [7, 11) is 1.96. The van der Waals surface area contributed by atoms with Gasteiger partial charge in [-0.3, -0.25) is 14.4 Å². The molecule has 4 aromatic heterocycles. The molecule has 2 fully saturated rings. The van der Waals surface area contributed by atoms with Gasteiger partial charge in [0.2, 0.25) is 5.91 Å². The number of ether oxygens (including phenoxy) is 1. The van der Waals surface area contributed by atoms with E-state index in [-0.39, 0.29) is 30.9 Å². The number of nitrogens with zero attached hydrogens (tertiary/aromatic N) is 4. The zero-order chi connectivity index (χ0) is 44.7. The van der Waals surface area contributed by atoms with Gasteiger partial charge >= 0.3 is 0 Å². The lowest BCUT2D eigenvalue weighted by molar-refractivity contribution is -0.121. The zero-order valence-corrected chi connectivity index (χ0v) is 37.7. The molecule has 3 aromatic carbocycles. The van der Waals surface area contributed by atoms with Crippen LogP contribution in [0.2, 0.25) is 0 Å². The van der Waals surface area contributed by atoms with Gasteiger partial charge in [0.1, 0.15) is 12.2 Å². The topological polar surface area (TPSA) is 147 Å². The van der Waals surface area contributed by atoms with E-state index in [2.05, 4.69) is 120 Å². The van der Waals surface area contributed by atoms with Gasteiger partial charge in [-0.05, 0) is 98.5 Å². The molecular formula is C51H55N9O4S. The van der Waals surface area contributed by atoms with Crippen molar-refractivity contribution in [2.24, 2.45) is 0 Å². The summed E-state index contributed by atoms with van der Waals surface area (Å²) in [6.07, 6.45) is 6.60. The molecule has 0 aliphatic carbocycles. The summed E-state index contributed by atoms with van der Waals surface area (Å²) < 4.78 is 9.73. The number of nitrogens with one attached hydrogen (secondary N) is 5. The van der Waals surface area contributed by atoms with Gasteiger partial charge in [-0.1, -0.05) is 36.3 Å². The quantitative estimate of drug-likeness (QED) is 0.0568. The molecule has 6 heterocycles. The Bertz CT molecular complexity index is 2890. The number of piperazine rings is 1. The van der Waals surface area contributed by atoms with Gasteiger partial charge in [0.25, 0.3) is 11.8 Å². The highest BCUT2D eigenvalue weighted by atomic mass is 32.1. The monoisotopic (exact) mass is 889 g/mol. The maximum Gasteiger partial charge on any atom is 0.296 e. The molecule has 0 radical (unpaired) electrons. The van der Waals surface area contributed by atoms with E-state index in [0.717, 1.165) is 54.0 Å². The Kier molecular flexibility index (Phi) is 13.5. The molecule has 7 aromatic rings. The number of hydrogen-bond donors (Lipinski definition) is 5. The molecule has 2 aliphatic rings. The molecule has 0 unspecified atom stereocenters. The number of pyridine rings is 1. The third-order valence-electron chi connectivity index (χ3n) is 12.3. The lowest BCUT2D eigenvalue weighted by atomic mass is 10.1. The van der Waals surface area contributed by atoms with E-state index in [1.54, 1.807) is 34.4 Å². The van der Waals surface area contributed by atoms with Crippen LogP contribution in [0, 0.1) is 11.8 Å². The maximum absolute atomic E-state index is 13.0. The Labute approximate surface area is 382 Å². The summed E-state index contributed by atoms with van der Waals surface area (Å²) in [4.78, 5) is 46.2. The summed E-state index contributed by atoms with van der Waals surface area (Å²) >= 11 is 1.61. The number of amides is 3. The van der Waals surface area contributed by atoms with Gasteiger partial charge < -0.3 is 45.4 Å². The number of carbonyl (C=O) groups excluding carboxylic acids is 3. The lowest BCUT2D eigenvalue weighted by Gasteiger charge is -2.34. The van der Waals surface area contributed by atoms with Crippen LogP contribution in [0.4, 0.5) is 5.69 Å². The summed E-state index contributed by atoms with van der Waals surface area (Å²) in [5.41, 5.74) is 9.14. The number of aryl methyl sites for hydroxylation is 1. The number of hydrogen-bond acceptors (Lipinski definition) is 9. The summed E-state index contributed by atoms with van der Waals surface area (Å²) in [5, 5.41) is 20.8. The highest BCUT2D eigenvalue weighted by molar-refractivity contribution is 7.13. The number of aromatic nitrogens is 3. The second kappa shape index (κ2) is 20.1. The van der Waals surface area contributed by atoms with Gasteiger partial charge in [0, 0.05) is 125 Å². The first kappa shape index (κ1) is 43.7. The summed E-state index contributed by atoms with van der Waals surface area (Å²) in [6, 6.07) is 28.9. The number of thiophene rings is 1. The van der Waals surface area contributed by atoms with E-state index >= 15 is 0 Å². The fourth-order valence-electron chi connectivity index (χ4n) is 9.13. The van der Waals surface area contributed by atoms with Crippen molar-refractivity contribution in [2.75, 3.05) is 57.9 Å². The van der Waals surface area contributed by atoms with Crippen LogP contribution in [-0.4, -0.2) is 96.9 Å². The van der Waals surface area contributed by atoms with Crippen LogP contribution in [0.1, 0.15) is 46.8 Å². The molecule has 0 spiro atoms. The molecule has 13 nitrogen and oxygen atoms in total. The smallest absolute Gasteiger partial charge is 0.296 e. The Hall–Kier alpha value is -6.50. The third-order valence-corrected chi connectivity index (χ3v) is 13.3. The molecule has 65 heavy (non-hydrogen) atoms. The van der Waals surface area contributed by atoms with E-state index in [4.69, 9.17) is 4.74 Å². The van der Waals surface area contributed by atoms with Crippen LogP contribution in [0.3, 0.4) is 0 Å². The predicted molar refractivity (Wildman–Crippen MR) is 259 cm³/mol. The van der Waals surface area contributed by atoms with E-state index in [1.807, 2.05) is 24.6 Å².